The summed E-state index contributed by atoms with van der Waals surface area (Å²) in [5.41, 5.74) is 4.28. The lowest BCUT2D eigenvalue weighted by molar-refractivity contribution is 0.990. The zero-order valence-electron chi connectivity index (χ0n) is 13.8. The van der Waals surface area contributed by atoms with Gasteiger partial charge in [-0.05, 0) is 18.2 Å². The monoisotopic (exact) mass is 358 g/mol. The summed E-state index contributed by atoms with van der Waals surface area (Å²) < 4.78 is 0. The highest BCUT2D eigenvalue weighted by Crippen LogP contribution is 2.29. The van der Waals surface area contributed by atoms with Gasteiger partial charge in [-0.15, -0.1) is 10.2 Å². The van der Waals surface area contributed by atoms with Gasteiger partial charge in [-0.2, -0.15) is 0 Å². The van der Waals surface area contributed by atoms with Crippen molar-refractivity contribution in [3.8, 4) is 22.5 Å². The van der Waals surface area contributed by atoms with E-state index in [1.165, 1.54) is 0 Å². The smallest absolute Gasteiger partial charge is 0.247 e. The predicted octanol–water partition coefficient (Wildman–Crippen LogP) is 5.60. The Hall–Kier alpha value is -3.24. The van der Waals surface area contributed by atoms with E-state index < -0.39 is 0 Å². The van der Waals surface area contributed by atoms with Crippen molar-refractivity contribution >= 4 is 23.2 Å². The fourth-order valence-corrected chi connectivity index (χ4v) is 2.85. The molecule has 0 atom stereocenters. The Balaban J connectivity index is 1.79. The fraction of sp³-hybridized carbons (Fsp3) is 0. The average molecular weight is 359 g/mol. The fourth-order valence-electron chi connectivity index (χ4n) is 2.66. The van der Waals surface area contributed by atoms with E-state index in [0.29, 0.717) is 11.0 Å². The van der Waals surface area contributed by atoms with Crippen LogP contribution in [0.5, 0.6) is 0 Å². The Labute approximate surface area is 156 Å². The van der Waals surface area contributed by atoms with E-state index in [2.05, 4.69) is 15.5 Å². The number of anilines is 2. The van der Waals surface area contributed by atoms with E-state index in [-0.39, 0.29) is 0 Å². The molecule has 0 saturated carbocycles. The summed E-state index contributed by atoms with van der Waals surface area (Å²) in [7, 11) is 0. The molecule has 4 nitrogen and oxygen atoms in total. The molecule has 1 heterocycles. The maximum atomic E-state index is 6.05. The largest absolute Gasteiger partial charge is 0.323 e. The molecular formula is C21H15ClN4. The van der Waals surface area contributed by atoms with Crippen LogP contribution in [0, 0.1) is 0 Å². The molecule has 0 fully saturated rings. The number of rotatable bonds is 4. The molecule has 0 unspecified atom stereocenters. The first kappa shape index (κ1) is 16.2. The minimum absolute atomic E-state index is 0.422. The van der Waals surface area contributed by atoms with Crippen molar-refractivity contribution in [3.05, 3.63) is 90.0 Å². The van der Waals surface area contributed by atoms with E-state index in [1.54, 1.807) is 0 Å². The Kier molecular flexibility index (Phi) is 4.58. The van der Waals surface area contributed by atoms with Crippen molar-refractivity contribution in [2.75, 3.05) is 5.32 Å². The molecule has 1 aromatic heterocycles. The molecule has 5 heteroatoms. The summed E-state index contributed by atoms with van der Waals surface area (Å²) in [6.07, 6.45) is 0. The molecule has 0 bridgehead atoms. The van der Waals surface area contributed by atoms with Crippen LogP contribution in [0.2, 0.25) is 5.02 Å². The first-order chi connectivity index (χ1) is 12.8. The number of nitrogens with zero attached hydrogens (tertiary/aromatic N) is 3. The quantitative estimate of drug-likeness (QED) is 0.515. The summed E-state index contributed by atoms with van der Waals surface area (Å²) in [5, 5.41) is 12.5. The van der Waals surface area contributed by atoms with Crippen molar-refractivity contribution in [1.29, 1.82) is 0 Å². The average Bonchev–Trinajstić information content (AvgIpc) is 2.69. The molecule has 0 saturated heterocycles. The molecule has 0 aliphatic heterocycles. The van der Waals surface area contributed by atoms with Gasteiger partial charge < -0.3 is 5.32 Å². The van der Waals surface area contributed by atoms with Crippen LogP contribution in [-0.2, 0) is 0 Å². The van der Waals surface area contributed by atoms with Crippen LogP contribution < -0.4 is 5.32 Å². The number of aromatic nitrogens is 3. The number of halogens is 1. The third kappa shape index (κ3) is 3.55. The number of hydrogen-bond donors (Lipinski definition) is 1. The zero-order valence-corrected chi connectivity index (χ0v) is 14.6. The van der Waals surface area contributed by atoms with Gasteiger partial charge in [0, 0.05) is 21.8 Å². The lowest BCUT2D eigenvalue weighted by Gasteiger charge is -2.10. The summed E-state index contributed by atoms with van der Waals surface area (Å²) >= 11 is 6.05. The van der Waals surface area contributed by atoms with Gasteiger partial charge in [0.2, 0.25) is 5.95 Å². The summed E-state index contributed by atoms with van der Waals surface area (Å²) in [6, 6.07) is 27.3. The molecule has 3 aromatic carbocycles. The van der Waals surface area contributed by atoms with Gasteiger partial charge in [-0.3, -0.25) is 0 Å². The molecule has 0 spiro atoms. The number of hydrogen-bond acceptors (Lipinski definition) is 4. The lowest BCUT2D eigenvalue weighted by Crippen LogP contribution is -2.03. The second-order valence-electron chi connectivity index (χ2n) is 5.70. The van der Waals surface area contributed by atoms with Crippen LogP contribution in [0.15, 0.2) is 84.9 Å². The summed E-state index contributed by atoms with van der Waals surface area (Å²) in [4.78, 5) is 4.72. The van der Waals surface area contributed by atoms with E-state index >= 15 is 0 Å². The summed E-state index contributed by atoms with van der Waals surface area (Å²) in [5.74, 6) is 0.422. The number of benzene rings is 3. The van der Waals surface area contributed by atoms with Gasteiger partial charge in [-0.25, -0.2) is 4.98 Å². The molecule has 26 heavy (non-hydrogen) atoms. The van der Waals surface area contributed by atoms with E-state index in [4.69, 9.17) is 16.6 Å². The first-order valence-electron chi connectivity index (χ1n) is 8.18. The van der Waals surface area contributed by atoms with Crippen molar-refractivity contribution in [3.63, 3.8) is 0 Å². The van der Waals surface area contributed by atoms with Gasteiger partial charge >= 0.3 is 0 Å². The van der Waals surface area contributed by atoms with Crippen molar-refractivity contribution in [2.24, 2.45) is 0 Å². The topological polar surface area (TPSA) is 50.7 Å². The van der Waals surface area contributed by atoms with E-state index in [1.807, 2.05) is 84.9 Å². The Morgan fingerprint density at radius 1 is 0.654 bits per heavy atom. The second kappa shape index (κ2) is 7.33. The van der Waals surface area contributed by atoms with Crippen molar-refractivity contribution in [1.82, 2.24) is 15.2 Å². The minimum Gasteiger partial charge on any atom is -0.323 e. The Bertz CT molecular complexity index is 1020. The number of nitrogens with one attached hydrogen (secondary N) is 1. The van der Waals surface area contributed by atoms with Gasteiger partial charge in [0.1, 0.15) is 11.4 Å². The van der Waals surface area contributed by atoms with Crippen molar-refractivity contribution in [2.45, 2.75) is 0 Å². The first-order valence-corrected chi connectivity index (χ1v) is 8.55. The summed E-state index contributed by atoms with van der Waals surface area (Å²) in [6.45, 7) is 0. The van der Waals surface area contributed by atoms with Gasteiger partial charge in [0.15, 0.2) is 0 Å². The van der Waals surface area contributed by atoms with Gasteiger partial charge in [-0.1, -0.05) is 78.3 Å². The SMILES string of the molecule is Clc1cccc(Nc2nnc(-c3ccccc3)c(-c3ccccc3)n2)c1. The van der Waals surface area contributed by atoms with E-state index in [0.717, 1.165) is 28.2 Å². The van der Waals surface area contributed by atoms with Crippen LogP contribution in [-0.4, -0.2) is 15.2 Å². The highest BCUT2D eigenvalue weighted by Gasteiger charge is 2.13. The van der Waals surface area contributed by atoms with Crippen LogP contribution in [0.1, 0.15) is 0 Å². The molecule has 4 aromatic rings. The molecule has 1 N–H and O–H groups in total. The van der Waals surface area contributed by atoms with Crippen molar-refractivity contribution < 1.29 is 0 Å². The van der Waals surface area contributed by atoms with Crippen LogP contribution in [0.25, 0.3) is 22.5 Å². The van der Waals surface area contributed by atoms with E-state index in [9.17, 15) is 0 Å². The maximum Gasteiger partial charge on any atom is 0.247 e. The predicted molar refractivity (Wildman–Crippen MR) is 105 cm³/mol. The second-order valence-corrected chi connectivity index (χ2v) is 6.14. The Morgan fingerprint density at radius 2 is 1.31 bits per heavy atom. The molecule has 0 aliphatic carbocycles. The molecule has 0 radical (unpaired) electrons. The molecule has 126 valence electrons. The molecule has 4 rings (SSSR count). The zero-order chi connectivity index (χ0) is 17.8. The van der Waals surface area contributed by atoms with Crippen LogP contribution in [0.3, 0.4) is 0 Å². The third-order valence-corrected chi connectivity index (χ3v) is 4.10. The molecular weight excluding hydrogens is 344 g/mol. The lowest BCUT2D eigenvalue weighted by atomic mass is 10.0. The minimum atomic E-state index is 0.422. The standard InChI is InChI=1S/C21H15ClN4/c22-17-12-7-13-18(14-17)23-21-24-19(15-8-3-1-4-9-15)20(25-26-21)16-10-5-2-6-11-16/h1-14H,(H,23,24,26). The molecule has 0 amide bonds. The normalized spacial score (nSPS) is 10.5. The van der Waals surface area contributed by atoms with Crippen LogP contribution >= 0.6 is 11.6 Å². The third-order valence-electron chi connectivity index (χ3n) is 3.86. The molecule has 0 aliphatic rings. The van der Waals surface area contributed by atoms with Crippen LogP contribution in [0.4, 0.5) is 11.6 Å². The van der Waals surface area contributed by atoms with Gasteiger partial charge in [0.25, 0.3) is 0 Å². The maximum absolute atomic E-state index is 6.05. The highest BCUT2D eigenvalue weighted by atomic mass is 35.5. The highest BCUT2D eigenvalue weighted by molar-refractivity contribution is 6.30. The Morgan fingerprint density at radius 3 is 1.96 bits per heavy atom. The van der Waals surface area contributed by atoms with Gasteiger partial charge in [0.05, 0.1) is 0 Å².